The van der Waals surface area contributed by atoms with Crippen LogP contribution < -0.4 is 10.6 Å². The van der Waals surface area contributed by atoms with Gasteiger partial charge in [-0.15, -0.1) is 11.3 Å². The molecule has 29 heavy (non-hydrogen) atoms. The van der Waals surface area contributed by atoms with Crippen LogP contribution in [0.5, 0.6) is 0 Å². The summed E-state index contributed by atoms with van der Waals surface area (Å²) >= 11 is 1.67. The van der Waals surface area contributed by atoms with Crippen LogP contribution in [0.1, 0.15) is 29.2 Å². The molecule has 1 aromatic heterocycles. The van der Waals surface area contributed by atoms with E-state index < -0.39 is 0 Å². The molecule has 0 amide bonds. The minimum Gasteiger partial charge on any atom is -0.379 e. The highest BCUT2D eigenvalue weighted by Crippen LogP contribution is 2.22. The molecule has 2 heterocycles. The molecule has 1 aliphatic heterocycles. The summed E-state index contributed by atoms with van der Waals surface area (Å²) in [4.78, 5) is 11.7. The lowest BCUT2D eigenvalue weighted by Gasteiger charge is -2.34. The van der Waals surface area contributed by atoms with E-state index in [-0.39, 0.29) is 11.9 Å². The molecule has 2 N–H and O–H groups in total. The molecule has 1 aliphatic rings. The average Bonchev–Trinajstić information content (AvgIpc) is 3.15. The topological polar surface area (TPSA) is 61.8 Å². The van der Waals surface area contributed by atoms with E-state index >= 15 is 0 Å². The third-order valence-corrected chi connectivity index (χ3v) is 5.67. The number of aromatic nitrogens is 1. The lowest BCUT2D eigenvalue weighted by atomic mass is 10.0. The molecular formula is C21H30FN5OS. The minimum atomic E-state index is -0.217. The number of aliphatic imine (C=N–C) groups is 1. The molecule has 1 unspecified atom stereocenters. The lowest BCUT2D eigenvalue weighted by Crippen LogP contribution is -2.42. The number of hydrogen-bond donors (Lipinski definition) is 2. The summed E-state index contributed by atoms with van der Waals surface area (Å²) < 4.78 is 18.9. The Morgan fingerprint density at radius 2 is 2.03 bits per heavy atom. The molecule has 3 rings (SSSR count). The molecular weight excluding hydrogens is 389 g/mol. The van der Waals surface area contributed by atoms with Crippen molar-refractivity contribution in [2.45, 2.75) is 26.3 Å². The minimum absolute atomic E-state index is 0.0937. The van der Waals surface area contributed by atoms with E-state index in [2.05, 4.69) is 32.8 Å². The van der Waals surface area contributed by atoms with Crippen molar-refractivity contribution in [3.05, 3.63) is 51.7 Å². The summed E-state index contributed by atoms with van der Waals surface area (Å²) in [5, 5.41) is 9.90. The Morgan fingerprint density at radius 1 is 1.28 bits per heavy atom. The third-order valence-electron chi connectivity index (χ3n) is 4.85. The number of hydrogen-bond acceptors (Lipinski definition) is 5. The Kier molecular flexibility index (Phi) is 8.39. The monoisotopic (exact) mass is 419 g/mol. The van der Waals surface area contributed by atoms with Crippen LogP contribution in [0.3, 0.4) is 0 Å². The molecule has 158 valence electrons. The maximum Gasteiger partial charge on any atom is 0.191 e. The predicted octanol–water partition coefficient (Wildman–Crippen LogP) is 2.76. The number of thiazole rings is 1. The zero-order chi connectivity index (χ0) is 20.5. The molecule has 1 atom stereocenters. The van der Waals surface area contributed by atoms with Crippen molar-refractivity contribution < 1.29 is 9.13 Å². The van der Waals surface area contributed by atoms with Crippen LogP contribution in [0.2, 0.25) is 0 Å². The molecule has 1 aromatic carbocycles. The molecule has 0 radical (unpaired) electrons. The Labute approximate surface area is 176 Å². The van der Waals surface area contributed by atoms with Crippen molar-refractivity contribution in [1.82, 2.24) is 20.5 Å². The van der Waals surface area contributed by atoms with E-state index in [1.807, 2.05) is 19.1 Å². The third kappa shape index (κ3) is 6.76. The van der Waals surface area contributed by atoms with Gasteiger partial charge in [-0.05, 0) is 31.5 Å². The Morgan fingerprint density at radius 3 is 2.69 bits per heavy atom. The highest BCUT2D eigenvalue weighted by atomic mass is 32.1. The van der Waals surface area contributed by atoms with Gasteiger partial charge in [0.15, 0.2) is 5.96 Å². The van der Waals surface area contributed by atoms with Gasteiger partial charge in [0.05, 0.1) is 36.5 Å². The van der Waals surface area contributed by atoms with E-state index in [1.54, 1.807) is 11.3 Å². The van der Waals surface area contributed by atoms with Crippen LogP contribution in [0.15, 0.2) is 34.6 Å². The predicted molar refractivity (Wildman–Crippen MR) is 116 cm³/mol. The molecule has 0 saturated carbocycles. The normalized spacial score (nSPS) is 16.6. The Balaban J connectivity index is 1.65. The molecule has 0 spiro atoms. The zero-order valence-corrected chi connectivity index (χ0v) is 18.0. The van der Waals surface area contributed by atoms with Crippen LogP contribution in [0, 0.1) is 12.7 Å². The fourth-order valence-corrected chi connectivity index (χ4v) is 4.00. The average molecular weight is 420 g/mol. The quantitative estimate of drug-likeness (QED) is 0.509. The maximum atomic E-state index is 13.4. The molecule has 1 fully saturated rings. The Hall–Kier alpha value is -2.03. The number of nitrogens with one attached hydrogen (secondary N) is 2. The number of guanidine groups is 1. The van der Waals surface area contributed by atoms with Gasteiger partial charge in [-0.2, -0.15) is 0 Å². The molecule has 2 aromatic rings. The van der Waals surface area contributed by atoms with Crippen molar-refractivity contribution in [2.24, 2.45) is 4.99 Å². The number of aryl methyl sites for hydroxylation is 1. The van der Waals surface area contributed by atoms with Gasteiger partial charge in [0.25, 0.3) is 0 Å². The van der Waals surface area contributed by atoms with Crippen LogP contribution in [0.4, 0.5) is 4.39 Å². The smallest absolute Gasteiger partial charge is 0.191 e. The number of rotatable bonds is 8. The van der Waals surface area contributed by atoms with Crippen LogP contribution >= 0.6 is 11.3 Å². The van der Waals surface area contributed by atoms with Crippen molar-refractivity contribution in [1.29, 1.82) is 0 Å². The summed E-state index contributed by atoms with van der Waals surface area (Å²) in [7, 11) is 0. The maximum absolute atomic E-state index is 13.4. The fourth-order valence-electron chi connectivity index (χ4n) is 3.36. The summed E-state index contributed by atoms with van der Waals surface area (Å²) in [6, 6.07) is 6.85. The molecule has 1 saturated heterocycles. The number of ether oxygens (including phenoxy) is 1. The lowest BCUT2D eigenvalue weighted by molar-refractivity contribution is 0.0179. The second-order valence-corrected chi connectivity index (χ2v) is 8.03. The number of benzene rings is 1. The number of nitrogens with zero attached hydrogens (tertiary/aromatic N) is 3. The van der Waals surface area contributed by atoms with E-state index in [0.717, 1.165) is 54.8 Å². The van der Waals surface area contributed by atoms with E-state index in [0.29, 0.717) is 19.8 Å². The summed E-state index contributed by atoms with van der Waals surface area (Å²) in [5.74, 6) is 0.574. The fraction of sp³-hybridized carbons (Fsp3) is 0.524. The van der Waals surface area contributed by atoms with Gasteiger partial charge >= 0.3 is 0 Å². The van der Waals surface area contributed by atoms with Gasteiger partial charge < -0.3 is 15.4 Å². The van der Waals surface area contributed by atoms with Gasteiger partial charge in [0.1, 0.15) is 5.82 Å². The summed E-state index contributed by atoms with van der Waals surface area (Å²) in [5.41, 5.74) is 2.18. The molecule has 0 aliphatic carbocycles. The van der Waals surface area contributed by atoms with Crippen LogP contribution in [0.25, 0.3) is 0 Å². The van der Waals surface area contributed by atoms with Crippen LogP contribution in [-0.4, -0.2) is 61.8 Å². The second kappa shape index (κ2) is 11.2. The zero-order valence-electron chi connectivity index (χ0n) is 17.2. The van der Waals surface area contributed by atoms with Gasteiger partial charge in [-0.25, -0.2) is 9.37 Å². The second-order valence-electron chi connectivity index (χ2n) is 6.97. The van der Waals surface area contributed by atoms with Gasteiger partial charge in [-0.3, -0.25) is 9.89 Å². The van der Waals surface area contributed by atoms with Gasteiger partial charge in [0, 0.05) is 38.0 Å². The number of halogens is 1. The summed E-state index contributed by atoms with van der Waals surface area (Å²) in [6.07, 6.45) is 0.861. The van der Waals surface area contributed by atoms with Crippen molar-refractivity contribution in [2.75, 3.05) is 45.9 Å². The van der Waals surface area contributed by atoms with Gasteiger partial charge in [-0.1, -0.05) is 12.1 Å². The summed E-state index contributed by atoms with van der Waals surface area (Å²) in [6.45, 7) is 9.37. The number of morpholine rings is 1. The SMILES string of the molecule is CCNC(=NCC(c1ccc(F)cc1)N1CCOCC1)NCCc1csc(C)n1. The first kappa shape index (κ1) is 21.7. The highest BCUT2D eigenvalue weighted by Gasteiger charge is 2.22. The molecule has 8 heteroatoms. The highest BCUT2D eigenvalue weighted by molar-refractivity contribution is 7.09. The van der Waals surface area contributed by atoms with Gasteiger partial charge in [0.2, 0.25) is 0 Å². The first-order chi connectivity index (χ1) is 14.2. The van der Waals surface area contributed by atoms with Crippen molar-refractivity contribution >= 4 is 17.3 Å². The van der Waals surface area contributed by atoms with Crippen molar-refractivity contribution in [3.8, 4) is 0 Å². The van der Waals surface area contributed by atoms with Crippen LogP contribution in [-0.2, 0) is 11.2 Å². The molecule has 0 bridgehead atoms. The largest absolute Gasteiger partial charge is 0.379 e. The first-order valence-corrected chi connectivity index (χ1v) is 11.0. The molecule has 6 nitrogen and oxygen atoms in total. The standard InChI is InChI=1S/C21H30FN5OS/c1-3-23-21(24-9-8-19-15-29-16(2)26-19)25-14-20(27-10-12-28-13-11-27)17-4-6-18(22)7-5-17/h4-7,15,20H,3,8-14H2,1-2H3,(H2,23,24,25). The van der Waals surface area contributed by atoms with Crippen molar-refractivity contribution in [3.63, 3.8) is 0 Å². The Bertz CT molecular complexity index is 774. The van der Waals surface area contributed by atoms with E-state index in [4.69, 9.17) is 9.73 Å². The van der Waals surface area contributed by atoms with E-state index in [1.165, 1.54) is 12.1 Å². The van der Waals surface area contributed by atoms with E-state index in [9.17, 15) is 4.39 Å². The first-order valence-electron chi connectivity index (χ1n) is 10.2.